The molecule has 0 spiro atoms. The number of fused-ring (bicyclic) bond motifs is 1. The average molecular weight is 476 g/mol. The van der Waals surface area contributed by atoms with Crippen molar-refractivity contribution in [2.75, 3.05) is 12.3 Å². The summed E-state index contributed by atoms with van der Waals surface area (Å²) in [6.45, 7) is 4.66. The maximum absolute atomic E-state index is 13.4. The fraction of sp³-hybridized carbons (Fsp3) is 0.346. The number of nitrogens with two attached hydrogens (primary N) is 1. The molecule has 9 nitrogen and oxygen atoms in total. The van der Waals surface area contributed by atoms with Crippen LogP contribution in [0.25, 0.3) is 22.6 Å². The van der Waals surface area contributed by atoms with Gasteiger partial charge in [-0.15, -0.1) is 10.2 Å². The number of ether oxygens (including phenoxy) is 1. The number of anilines is 1. The molecule has 0 fully saturated rings. The zero-order chi connectivity index (χ0) is 24.8. The monoisotopic (exact) mass is 475 g/mol. The largest absolute Gasteiger partial charge is 0.494 e. The highest BCUT2D eigenvalue weighted by Gasteiger charge is 2.22. The van der Waals surface area contributed by atoms with Crippen LogP contribution < -0.4 is 15.9 Å². The number of tetrazole rings is 1. The van der Waals surface area contributed by atoms with E-state index >= 15 is 0 Å². The molecule has 4 aromatic rings. The maximum Gasteiger partial charge on any atom is 0.242 e. The first kappa shape index (κ1) is 24.1. The third-order valence-electron chi connectivity index (χ3n) is 5.85. The summed E-state index contributed by atoms with van der Waals surface area (Å²) in [5.41, 5.74) is 6.96. The van der Waals surface area contributed by atoms with E-state index in [2.05, 4.69) is 27.5 Å². The number of nitrogen functional groups attached to an aromatic ring is 1. The molecule has 4 rings (SSSR count). The van der Waals surface area contributed by atoms with Crippen molar-refractivity contribution in [3.8, 4) is 17.3 Å². The molecule has 2 aromatic heterocycles. The summed E-state index contributed by atoms with van der Waals surface area (Å²) in [5, 5.41) is 13.7. The Labute approximate surface area is 202 Å². The Morgan fingerprint density at radius 3 is 2.54 bits per heavy atom. The minimum absolute atomic E-state index is 0.0346. The average Bonchev–Trinajstić information content (AvgIpc) is 3.40. The van der Waals surface area contributed by atoms with Gasteiger partial charge in [0.2, 0.25) is 17.0 Å². The molecule has 0 amide bonds. The van der Waals surface area contributed by atoms with Crippen LogP contribution in [0.1, 0.15) is 66.9 Å². The molecule has 0 radical (unpaired) electrons. The van der Waals surface area contributed by atoms with Gasteiger partial charge in [0.15, 0.2) is 5.78 Å². The van der Waals surface area contributed by atoms with E-state index in [1.807, 2.05) is 0 Å². The number of aromatic amines is 1. The molecule has 0 aliphatic carbocycles. The van der Waals surface area contributed by atoms with Crippen molar-refractivity contribution in [1.29, 1.82) is 0 Å². The van der Waals surface area contributed by atoms with Gasteiger partial charge in [-0.1, -0.05) is 39.0 Å². The van der Waals surface area contributed by atoms with E-state index in [-0.39, 0.29) is 39.6 Å². The van der Waals surface area contributed by atoms with Crippen LogP contribution in [-0.2, 0) is 0 Å². The second-order valence-electron chi connectivity index (χ2n) is 8.57. The number of aromatic nitrogens is 4. The number of carbonyl (C=O) groups excluding carboxylic acids is 1. The lowest BCUT2D eigenvalue weighted by Crippen LogP contribution is -2.13. The van der Waals surface area contributed by atoms with E-state index in [1.165, 1.54) is 25.7 Å². The van der Waals surface area contributed by atoms with Gasteiger partial charge in [-0.3, -0.25) is 9.59 Å². The predicted molar refractivity (Wildman–Crippen MR) is 134 cm³/mol. The van der Waals surface area contributed by atoms with Gasteiger partial charge in [0.1, 0.15) is 17.0 Å². The quantitative estimate of drug-likeness (QED) is 0.232. The van der Waals surface area contributed by atoms with Crippen LogP contribution in [0, 0.1) is 6.92 Å². The number of rotatable bonds is 11. The zero-order valence-corrected chi connectivity index (χ0v) is 20.0. The number of nitrogens with one attached hydrogen (secondary N) is 1. The standard InChI is InChI=1S/C26H29N5O4/c1-3-4-5-6-7-8-13-34-18-11-9-17(10-12-18)22(32)19-14-16(2)15-20-23(33)21(27)25(35-24(19)20)26-28-30-31-29-26/h9-12,14-15H,3-8,13,27H2,1-2H3,(H,28,29,30,31). The minimum Gasteiger partial charge on any atom is -0.494 e. The summed E-state index contributed by atoms with van der Waals surface area (Å²) >= 11 is 0. The number of benzene rings is 2. The Balaban J connectivity index is 1.56. The van der Waals surface area contributed by atoms with Crippen molar-refractivity contribution in [1.82, 2.24) is 20.6 Å². The summed E-state index contributed by atoms with van der Waals surface area (Å²) in [6, 6.07) is 10.3. The van der Waals surface area contributed by atoms with Crippen molar-refractivity contribution < 1.29 is 13.9 Å². The number of unbranched alkanes of at least 4 members (excludes halogenated alkanes) is 5. The lowest BCUT2D eigenvalue weighted by atomic mass is 9.98. The van der Waals surface area contributed by atoms with Crippen molar-refractivity contribution in [2.45, 2.75) is 52.4 Å². The molecule has 0 unspecified atom stereocenters. The fourth-order valence-corrected chi connectivity index (χ4v) is 3.98. The summed E-state index contributed by atoms with van der Waals surface area (Å²) in [7, 11) is 0. The lowest BCUT2D eigenvalue weighted by molar-refractivity contribution is 0.103. The molecule has 0 saturated heterocycles. The van der Waals surface area contributed by atoms with Crippen molar-refractivity contribution in [3.05, 3.63) is 63.3 Å². The van der Waals surface area contributed by atoms with Crippen LogP contribution in [0.15, 0.2) is 45.6 Å². The van der Waals surface area contributed by atoms with Gasteiger partial charge in [-0.2, -0.15) is 5.21 Å². The van der Waals surface area contributed by atoms with Gasteiger partial charge in [0.05, 0.1) is 17.6 Å². The second-order valence-corrected chi connectivity index (χ2v) is 8.57. The Morgan fingerprint density at radius 2 is 1.83 bits per heavy atom. The zero-order valence-electron chi connectivity index (χ0n) is 20.0. The number of H-pyrrole nitrogens is 1. The van der Waals surface area contributed by atoms with Crippen LogP contribution in [-0.4, -0.2) is 33.0 Å². The Hall–Kier alpha value is -4.01. The van der Waals surface area contributed by atoms with E-state index in [4.69, 9.17) is 14.9 Å². The van der Waals surface area contributed by atoms with E-state index < -0.39 is 5.43 Å². The Morgan fingerprint density at radius 1 is 1.09 bits per heavy atom. The Kier molecular flexibility index (Phi) is 7.54. The molecule has 0 atom stereocenters. The molecule has 182 valence electrons. The van der Waals surface area contributed by atoms with Gasteiger partial charge in [0, 0.05) is 5.56 Å². The van der Waals surface area contributed by atoms with Crippen LogP contribution >= 0.6 is 0 Å². The summed E-state index contributed by atoms with van der Waals surface area (Å²) in [5.74, 6) is 0.427. The van der Waals surface area contributed by atoms with Crippen molar-refractivity contribution in [3.63, 3.8) is 0 Å². The van der Waals surface area contributed by atoms with Crippen molar-refractivity contribution in [2.24, 2.45) is 0 Å². The van der Waals surface area contributed by atoms with Gasteiger partial charge in [-0.25, -0.2) is 0 Å². The van der Waals surface area contributed by atoms with Gasteiger partial charge >= 0.3 is 0 Å². The van der Waals surface area contributed by atoms with Crippen LogP contribution in [0.2, 0.25) is 0 Å². The van der Waals surface area contributed by atoms with Crippen LogP contribution in [0.3, 0.4) is 0 Å². The third-order valence-corrected chi connectivity index (χ3v) is 5.85. The lowest BCUT2D eigenvalue weighted by Gasteiger charge is -2.10. The molecular weight excluding hydrogens is 446 g/mol. The molecule has 2 heterocycles. The third kappa shape index (κ3) is 5.40. The number of nitrogens with zero attached hydrogens (tertiary/aromatic N) is 3. The second kappa shape index (κ2) is 10.9. The first-order chi connectivity index (χ1) is 17.0. The van der Waals surface area contributed by atoms with Gasteiger partial charge < -0.3 is 14.9 Å². The highest BCUT2D eigenvalue weighted by molar-refractivity contribution is 6.15. The summed E-state index contributed by atoms with van der Waals surface area (Å²) < 4.78 is 11.7. The minimum atomic E-state index is -0.456. The highest BCUT2D eigenvalue weighted by atomic mass is 16.5. The topological polar surface area (TPSA) is 137 Å². The van der Waals surface area contributed by atoms with E-state index in [0.29, 0.717) is 17.9 Å². The maximum atomic E-state index is 13.4. The molecule has 0 aliphatic heterocycles. The van der Waals surface area contributed by atoms with E-state index in [1.54, 1.807) is 43.3 Å². The molecule has 9 heteroatoms. The molecule has 35 heavy (non-hydrogen) atoms. The fourth-order valence-electron chi connectivity index (χ4n) is 3.98. The highest BCUT2D eigenvalue weighted by Crippen LogP contribution is 2.29. The summed E-state index contributed by atoms with van der Waals surface area (Å²) in [4.78, 5) is 26.4. The number of hydrogen-bond donors (Lipinski definition) is 2. The first-order valence-corrected chi connectivity index (χ1v) is 11.9. The number of ketones is 1. The normalized spacial score (nSPS) is 11.1. The molecule has 0 aliphatic rings. The molecule has 0 saturated carbocycles. The van der Waals surface area contributed by atoms with Crippen molar-refractivity contribution >= 4 is 22.4 Å². The van der Waals surface area contributed by atoms with Crippen LogP contribution in [0.4, 0.5) is 5.69 Å². The Bertz CT molecular complexity index is 1360. The molecule has 3 N–H and O–H groups in total. The predicted octanol–water partition coefficient (Wildman–Crippen LogP) is 4.83. The molecular formula is C26H29N5O4. The van der Waals surface area contributed by atoms with Gasteiger partial charge in [0.25, 0.3) is 0 Å². The van der Waals surface area contributed by atoms with E-state index in [9.17, 15) is 9.59 Å². The SMILES string of the molecule is CCCCCCCCOc1ccc(C(=O)c2cc(C)cc3c(=O)c(N)c(-c4nn[nH]n4)oc23)cc1. The first-order valence-electron chi connectivity index (χ1n) is 11.9. The number of hydrogen-bond acceptors (Lipinski definition) is 8. The van der Waals surface area contributed by atoms with Gasteiger partial charge in [-0.05, 0) is 60.5 Å². The van der Waals surface area contributed by atoms with E-state index in [0.717, 1.165) is 18.4 Å². The molecule has 2 aromatic carbocycles. The smallest absolute Gasteiger partial charge is 0.242 e. The van der Waals surface area contributed by atoms with Crippen LogP contribution in [0.5, 0.6) is 5.75 Å². The number of aryl methyl sites for hydroxylation is 1. The molecule has 0 bridgehead atoms. The summed E-state index contributed by atoms with van der Waals surface area (Å²) in [6.07, 6.45) is 7.17. The number of carbonyl (C=O) groups is 1.